The second kappa shape index (κ2) is 20.3. The Kier molecular flexibility index (Phi) is 19.8. The first-order valence-corrected chi connectivity index (χ1v) is 17.6. The summed E-state index contributed by atoms with van der Waals surface area (Å²) in [5, 5.41) is 34.4. The maximum absolute atomic E-state index is 12.2. The number of nitriles is 1. The molecule has 1 aromatic heterocycles. The van der Waals surface area contributed by atoms with E-state index in [1.54, 1.807) is 0 Å². The van der Waals surface area contributed by atoms with E-state index in [4.69, 9.17) is 28.3 Å². The molecule has 0 aliphatic heterocycles. The summed E-state index contributed by atoms with van der Waals surface area (Å²) in [4.78, 5) is 27.0. The fraction of sp³-hybridized carbons (Fsp3) is 0.793. The summed E-state index contributed by atoms with van der Waals surface area (Å²) in [5.74, 6) is -0.345. The van der Waals surface area contributed by atoms with Gasteiger partial charge in [-0.1, -0.05) is 34.1 Å². The predicted molar refractivity (Wildman–Crippen MR) is 164 cm³/mol. The van der Waals surface area contributed by atoms with Crippen LogP contribution in [0.2, 0.25) is 0 Å². The normalized spacial score (nSPS) is 27.2. The SMILES string of the molecule is CCC(CCCC(=O)O[O-])C1CCC(N=Nc2c(C#N)c(C(C)(C)C)nn2C2C(Cl)CC(S(=O)(=O)[O-])CC2Cl)C(NC(C)=O)C1.[K+].[K+]. The predicted octanol–water partition coefficient (Wildman–Crippen LogP) is -1.70. The third kappa shape index (κ3) is 12.6. The van der Waals surface area contributed by atoms with E-state index in [0.29, 0.717) is 25.0 Å². The molecule has 0 saturated heterocycles. The molecule has 0 spiro atoms. The Labute approximate surface area is 372 Å². The van der Waals surface area contributed by atoms with Crippen molar-refractivity contribution < 1.29 is 135 Å². The Morgan fingerprint density at radius 2 is 1.81 bits per heavy atom. The van der Waals surface area contributed by atoms with Crippen LogP contribution in [0.3, 0.4) is 0 Å². The standard InChI is InChI=1S/C29H44Cl2N6O7S.2K/c1-6-17(8-7-9-25(39)44-40)18-10-11-23(24(12-18)33-16(2)38)34-35-28-20(15-32)27(29(3,4)5)36-37(28)26-21(30)13-19(14-22(26)31)45(41,42)43;;/h17-19,21-24,26,40H,6-14H2,1-5H3,(H,33,38)(H,41,42,43);;/q;2*+1/p-2. The van der Waals surface area contributed by atoms with E-state index in [9.17, 15) is 33.1 Å². The maximum Gasteiger partial charge on any atom is 1.00 e. The second-order valence-electron chi connectivity index (χ2n) is 13.1. The summed E-state index contributed by atoms with van der Waals surface area (Å²) in [6.45, 7) is 9.17. The molecule has 1 amide bonds. The van der Waals surface area contributed by atoms with E-state index in [1.165, 1.54) is 11.6 Å². The quantitative estimate of drug-likeness (QED) is 0.0680. The average molecular weight is 768 g/mol. The van der Waals surface area contributed by atoms with Gasteiger partial charge in [-0.15, -0.1) is 28.3 Å². The monoisotopic (exact) mass is 766 g/mol. The summed E-state index contributed by atoms with van der Waals surface area (Å²) in [5.41, 5.74) is 0.0554. The average Bonchev–Trinajstić information content (AvgIpc) is 3.32. The molecule has 47 heavy (non-hydrogen) atoms. The van der Waals surface area contributed by atoms with Crippen molar-refractivity contribution in [1.29, 1.82) is 5.26 Å². The first-order valence-electron chi connectivity index (χ1n) is 15.3. The van der Waals surface area contributed by atoms with E-state index in [1.807, 2.05) is 20.8 Å². The number of halogens is 2. The summed E-state index contributed by atoms with van der Waals surface area (Å²) in [6.07, 6.45) is 3.97. The van der Waals surface area contributed by atoms with Crippen molar-refractivity contribution in [2.24, 2.45) is 22.1 Å². The molecule has 0 bridgehead atoms. The number of azo groups is 1. The van der Waals surface area contributed by atoms with Crippen molar-refractivity contribution in [3.8, 4) is 6.07 Å². The fourth-order valence-corrected chi connectivity index (χ4v) is 8.79. The van der Waals surface area contributed by atoms with Gasteiger partial charge in [-0.25, -0.2) is 13.1 Å². The van der Waals surface area contributed by atoms with E-state index in [0.717, 1.165) is 19.3 Å². The summed E-state index contributed by atoms with van der Waals surface area (Å²) in [7, 11) is -4.61. The van der Waals surface area contributed by atoms with Gasteiger partial charge >= 0.3 is 103 Å². The van der Waals surface area contributed by atoms with Crippen molar-refractivity contribution in [1.82, 2.24) is 15.1 Å². The van der Waals surface area contributed by atoms with Crippen LogP contribution in [-0.4, -0.2) is 62.7 Å². The molecule has 1 N–H and O–H groups in total. The molecule has 2 saturated carbocycles. The van der Waals surface area contributed by atoms with Gasteiger partial charge in [0.2, 0.25) is 5.91 Å². The van der Waals surface area contributed by atoms with Crippen LogP contribution in [0.5, 0.6) is 0 Å². The number of amides is 1. The summed E-state index contributed by atoms with van der Waals surface area (Å²) < 4.78 is 36.7. The van der Waals surface area contributed by atoms with Crippen molar-refractivity contribution in [3.05, 3.63) is 11.3 Å². The van der Waals surface area contributed by atoms with Gasteiger partial charge in [-0.3, -0.25) is 9.59 Å². The van der Waals surface area contributed by atoms with Crippen LogP contribution in [-0.2, 0) is 30.0 Å². The van der Waals surface area contributed by atoms with Crippen LogP contribution in [0.25, 0.3) is 0 Å². The minimum atomic E-state index is -4.61. The molecule has 3 rings (SSSR count). The van der Waals surface area contributed by atoms with Gasteiger partial charge in [-0.2, -0.15) is 15.5 Å². The van der Waals surface area contributed by atoms with Crippen molar-refractivity contribution in [2.45, 2.75) is 132 Å². The van der Waals surface area contributed by atoms with Crippen LogP contribution in [0.1, 0.15) is 110 Å². The molecule has 2 fully saturated rings. The Morgan fingerprint density at radius 1 is 1.19 bits per heavy atom. The molecule has 0 aromatic carbocycles. The van der Waals surface area contributed by atoms with Gasteiger partial charge in [0.25, 0.3) is 5.97 Å². The smallest absolute Gasteiger partial charge is 0.748 e. The van der Waals surface area contributed by atoms with Crippen LogP contribution in [0.15, 0.2) is 10.2 Å². The van der Waals surface area contributed by atoms with Crippen molar-refractivity contribution in [3.63, 3.8) is 0 Å². The van der Waals surface area contributed by atoms with Crippen LogP contribution in [0.4, 0.5) is 5.82 Å². The van der Waals surface area contributed by atoms with Crippen LogP contribution >= 0.6 is 23.2 Å². The zero-order valence-electron chi connectivity index (χ0n) is 28.2. The summed E-state index contributed by atoms with van der Waals surface area (Å²) in [6, 6.07) is 0.675. The van der Waals surface area contributed by atoms with E-state index in [2.05, 4.69) is 33.4 Å². The zero-order chi connectivity index (χ0) is 33.7. The molecule has 1 aromatic rings. The fourth-order valence-electron chi connectivity index (χ4n) is 6.63. The Bertz CT molecular complexity index is 1390. The van der Waals surface area contributed by atoms with Crippen molar-refractivity contribution >= 4 is 51.0 Å². The third-order valence-corrected chi connectivity index (χ3v) is 11.0. The molecule has 252 valence electrons. The third-order valence-electron chi connectivity index (χ3n) is 8.90. The number of nitrogens with one attached hydrogen (secondary N) is 1. The number of nitrogens with zero attached hydrogens (tertiary/aromatic N) is 5. The molecule has 18 heteroatoms. The molecule has 0 radical (unpaired) electrons. The van der Waals surface area contributed by atoms with Gasteiger partial charge in [0.1, 0.15) is 11.6 Å². The molecule has 1 heterocycles. The molecular formula is C29H42Cl2K2N6O7S. The van der Waals surface area contributed by atoms with Gasteiger partial charge in [0.15, 0.2) is 5.82 Å². The number of aromatic nitrogens is 2. The number of carbonyl (C=O) groups is 2. The van der Waals surface area contributed by atoms with Gasteiger partial charge in [0, 0.05) is 18.8 Å². The first-order chi connectivity index (χ1) is 21.0. The van der Waals surface area contributed by atoms with E-state index >= 15 is 0 Å². The number of rotatable bonds is 11. The zero-order valence-corrected chi connectivity index (χ0v) is 36.8. The summed E-state index contributed by atoms with van der Waals surface area (Å²) >= 11 is 13.3. The number of alkyl halides is 2. The van der Waals surface area contributed by atoms with Gasteiger partial charge in [0.05, 0.1) is 49.9 Å². The van der Waals surface area contributed by atoms with Crippen LogP contribution in [0, 0.1) is 23.2 Å². The molecule has 13 nitrogen and oxygen atoms in total. The molecule has 6 atom stereocenters. The largest absolute Gasteiger partial charge is 1.00 e. The molecular weight excluding hydrogens is 726 g/mol. The first kappa shape index (κ1) is 46.0. The minimum absolute atomic E-state index is 0. The number of carbonyl (C=O) groups excluding carboxylic acids is 2. The maximum atomic E-state index is 12.2. The molecule has 6 unspecified atom stereocenters. The van der Waals surface area contributed by atoms with Crippen LogP contribution < -0.4 is 113 Å². The molecule has 2 aliphatic carbocycles. The Morgan fingerprint density at radius 3 is 2.30 bits per heavy atom. The minimum Gasteiger partial charge on any atom is -0.748 e. The van der Waals surface area contributed by atoms with E-state index < -0.39 is 49.6 Å². The Hall–Kier alpha value is 0.963. The van der Waals surface area contributed by atoms with Gasteiger partial charge in [-0.05, 0) is 56.8 Å². The van der Waals surface area contributed by atoms with E-state index in [-0.39, 0.29) is 157 Å². The Balaban J connectivity index is 0.00000552. The van der Waals surface area contributed by atoms with Crippen molar-refractivity contribution in [2.75, 3.05) is 0 Å². The molecule has 2 aliphatic rings. The topological polar surface area (TPSA) is 202 Å². The second-order valence-corrected chi connectivity index (χ2v) is 15.9. The number of hydrogen-bond acceptors (Lipinski definition) is 11. The van der Waals surface area contributed by atoms with Gasteiger partial charge < -0.3 is 20.0 Å². The number of hydrogen-bond donors (Lipinski definition) is 1.